The van der Waals surface area contributed by atoms with Gasteiger partial charge in [-0.05, 0) is 12.1 Å². The molecule has 1 aromatic carbocycles. The van der Waals surface area contributed by atoms with Crippen LogP contribution in [0.4, 0.5) is 5.69 Å². The topological polar surface area (TPSA) is 93.7 Å². The van der Waals surface area contributed by atoms with Crippen LogP contribution in [0.1, 0.15) is 6.92 Å². The number of aryl methyl sites for hydroxylation is 1. The van der Waals surface area contributed by atoms with Gasteiger partial charge in [0.15, 0.2) is 0 Å². The Kier molecular flexibility index (Phi) is 5.70. The van der Waals surface area contributed by atoms with Crippen molar-refractivity contribution in [1.82, 2.24) is 19.6 Å². The number of piperazine rings is 1. The fourth-order valence-corrected chi connectivity index (χ4v) is 3.17. The van der Waals surface area contributed by atoms with Gasteiger partial charge >= 0.3 is 0 Å². The van der Waals surface area contributed by atoms with Crippen LogP contribution < -0.4 is 4.74 Å². The van der Waals surface area contributed by atoms with E-state index in [0.29, 0.717) is 17.9 Å². The highest BCUT2D eigenvalue weighted by molar-refractivity contribution is 5.73. The number of amides is 1. The van der Waals surface area contributed by atoms with Gasteiger partial charge in [-0.25, -0.2) is 0 Å². The second-order valence-corrected chi connectivity index (χ2v) is 6.47. The third-order valence-electron chi connectivity index (χ3n) is 4.75. The summed E-state index contributed by atoms with van der Waals surface area (Å²) in [5, 5.41) is 15.3. The van der Waals surface area contributed by atoms with E-state index >= 15 is 0 Å². The SMILES string of the molecule is CC(=O)N1CCN(CCOc2ccc([N+](=O)[O-])cc2-c2ccnn2C)CC1. The maximum atomic E-state index is 11.4. The Bertz CT molecular complexity index is 827. The van der Waals surface area contributed by atoms with Crippen LogP contribution in [0, 0.1) is 10.1 Å². The maximum Gasteiger partial charge on any atom is 0.270 e. The summed E-state index contributed by atoms with van der Waals surface area (Å²) >= 11 is 0. The van der Waals surface area contributed by atoms with Crippen LogP contribution in [0.3, 0.4) is 0 Å². The lowest BCUT2D eigenvalue weighted by molar-refractivity contribution is -0.384. The van der Waals surface area contributed by atoms with Gasteiger partial charge in [-0.3, -0.25) is 24.5 Å². The maximum absolute atomic E-state index is 11.4. The molecular formula is C18H23N5O4. The number of rotatable bonds is 6. The first-order chi connectivity index (χ1) is 13.0. The minimum atomic E-state index is -0.418. The van der Waals surface area contributed by atoms with Crippen molar-refractivity contribution >= 4 is 11.6 Å². The van der Waals surface area contributed by atoms with Crippen LogP contribution in [0.15, 0.2) is 30.5 Å². The molecule has 27 heavy (non-hydrogen) atoms. The van der Waals surface area contributed by atoms with Gasteiger partial charge in [-0.2, -0.15) is 5.10 Å². The van der Waals surface area contributed by atoms with Crippen LogP contribution in [0.5, 0.6) is 5.75 Å². The van der Waals surface area contributed by atoms with Crippen molar-refractivity contribution in [3.63, 3.8) is 0 Å². The predicted octanol–water partition coefficient (Wildman–Crippen LogP) is 1.54. The summed E-state index contributed by atoms with van der Waals surface area (Å²) in [5.74, 6) is 0.698. The first-order valence-corrected chi connectivity index (χ1v) is 8.83. The lowest BCUT2D eigenvalue weighted by atomic mass is 10.1. The molecule has 0 N–H and O–H groups in total. The lowest BCUT2D eigenvalue weighted by Gasteiger charge is -2.34. The Hall–Kier alpha value is -2.94. The second-order valence-electron chi connectivity index (χ2n) is 6.47. The Balaban J connectivity index is 1.66. The number of non-ortho nitro benzene ring substituents is 1. The first-order valence-electron chi connectivity index (χ1n) is 8.83. The number of hydrogen-bond donors (Lipinski definition) is 0. The normalized spacial score (nSPS) is 15.0. The van der Waals surface area contributed by atoms with Gasteiger partial charge in [-0.15, -0.1) is 0 Å². The molecule has 3 rings (SSSR count). The van der Waals surface area contributed by atoms with Gasteiger partial charge in [-0.1, -0.05) is 0 Å². The molecule has 0 radical (unpaired) electrons. The van der Waals surface area contributed by atoms with Crippen LogP contribution in [-0.4, -0.2) is 69.7 Å². The molecule has 2 aromatic rings. The smallest absolute Gasteiger partial charge is 0.270 e. The molecule has 0 unspecified atom stereocenters. The Labute approximate surface area is 157 Å². The van der Waals surface area contributed by atoms with Crippen molar-refractivity contribution in [2.24, 2.45) is 7.05 Å². The monoisotopic (exact) mass is 373 g/mol. The standard InChI is InChI=1S/C18H23N5O4/c1-14(24)22-9-7-21(8-10-22)11-12-27-18-4-3-15(23(25)26)13-16(18)17-5-6-19-20(17)2/h3-6,13H,7-12H2,1-2H3. The largest absolute Gasteiger partial charge is 0.492 e. The minimum Gasteiger partial charge on any atom is -0.492 e. The number of nitrogens with zero attached hydrogens (tertiary/aromatic N) is 5. The average molecular weight is 373 g/mol. The first kappa shape index (κ1) is 18.8. The van der Waals surface area contributed by atoms with Crippen LogP contribution in [0.2, 0.25) is 0 Å². The highest BCUT2D eigenvalue weighted by atomic mass is 16.6. The van der Waals surface area contributed by atoms with Crippen LogP contribution in [0.25, 0.3) is 11.3 Å². The summed E-state index contributed by atoms with van der Waals surface area (Å²) < 4.78 is 7.60. The number of nitro groups is 1. The molecule has 0 atom stereocenters. The molecule has 0 spiro atoms. The summed E-state index contributed by atoms with van der Waals surface area (Å²) in [6.45, 7) is 5.87. The third-order valence-corrected chi connectivity index (χ3v) is 4.75. The number of aromatic nitrogens is 2. The molecule has 1 aliphatic heterocycles. The number of benzene rings is 1. The molecule has 1 aromatic heterocycles. The highest BCUT2D eigenvalue weighted by Crippen LogP contribution is 2.33. The van der Waals surface area contributed by atoms with Crippen molar-refractivity contribution in [2.45, 2.75) is 6.92 Å². The molecule has 0 aliphatic carbocycles. The summed E-state index contributed by atoms with van der Waals surface area (Å²) in [7, 11) is 1.78. The van der Waals surface area contributed by atoms with E-state index in [2.05, 4.69) is 10.00 Å². The lowest BCUT2D eigenvalue weighted by Crippen LogP contribution is -2.48. The molecule has 1 aliphatic rings. The van der Waals surface area contributed by atoms with Gasteiger partial charge in [0.1, 0.15) is 12.4 Å². The molecular weight excluding hydrogens is 350 g/mol. The number of nitro benzene ring substituents is 1. The van der Waals surface area contributed by atoms with E-state index in [9.17, 15) is 14.9 Å². The second kappa shape index (κ2) is 8.17. The van der Waals surface area contributed by atoms with Crippen molar-refractivity contribution < 1.29 is 14.5 Å². The van der Waals surface area contributed by atoms with E-state index < -0.39 is 4.92 Å². The molecule has 1 saturated heterocycles. The molecule has 0 saturated carbocycles. The molecule has 0 bridgehead atoms. The van der Waals surface area contributed by atoms with E-state index in [0.717, 1.165) is 38.4 Å². The molecule has 2 heterocycles. The molecule has 9 heteroatoms. The number of hydrogen-bond acceptors (Lipinski definition) is 6. The predicted molar refractivity (Wildman–Crippen MR) is 99.5 cm³/mol. The fourth-order valence-electron chi connectivity index (χ4n) is 3.17. The summed E-state index contributed by atoms with van der Waals surface area (Å²) in [4.78, 5) is 26.2. The zero-order valence-electron chi connectivity index (χ0n) is 15.5. The molecule has 144 valence electrons. The van der Waals surface area contributed by atoms with E-state index in [1.807, 2.05) is 4.90 Å². The third kappa shape index (κ3) is 4.43. The van der Waals surface area contributed by atoms with E-state index in [-0.39, 0.29) is 11.6 Å². The Morgan fingerprint density at radius 2 is 2.00 bits per heavy atom. The zero-order chi connectivity index (χ0) is 19.4. The molecule has 9 nitrogen and oxygen atoms in total. The van der Waals surface area contributed by atoms with Crippen molar-refractivity contribution in [3.8, 4) is 17.0 Å². The Morgan fingerprint density at radius 3 is 2.59 bits per heavy atom. The van der Waals surface area contributed by atoms with Crippen molar-refractivity contribution in [1.29, 1.82) is 0 Å². The molecule has 1 fully saturated rings. The van der Waals surface area contributed by atoms with Gasteiger partial charge in [0, 0.05) is 70.6 Å². The highest BCUT2D eigenvalue weighted by Gasteiger charge is 2.19. The number of ether oxygens (including phenoxy) is 1. The minimum absolute atomic E-state index is 0.0129. The fraction of sp³-hybridized carbons (Fsp3) is 0.444. The summed E-state index contributed by atoms with van der Waals surface area (Å²) in [6.07, 6.45) is 1.65. The van der Waals surface area contributed by atoms with Crippen LogP contribution in [-0.2, 0) is 11.8 Å². The molecule has 1 amide bonds. The van der Waals surface area contributed by atoms with Gasteiger partial charge < -0.3 is 9.64 Å². The Morgan fingerprint density at radius 1 is 1.26 bits per heavy atom. The summed E-state index contributed by atoms with van der Waals surface area (Å²) in [5.41, 5.74) is 1.41. The van der Waals surface area contributed by atoms with E-state index in [4.69, 9.17) is 4.74 Å². The van der Waals surface area contributed by atoms with Crippen molar-refractivity contribution in [3.05, 3.63) is 40.6 Å². The summed E-state index contributed by atoms with van der Waals surface area (Å²) in [6, 6.07) is 6.39. The van der Waals surface area contributed by atoms with Gasteiger partial charge in [0.05, 0.1) is 10.6 Å². The van der Waals surface area contributed by atoms with Gasteiger partial charge in [0.25, 0.3) is 5.69 Å². The zero-order valence-corrected chi connectivity index (χ0v) is 15.5. The van der Waals surface area contributed by atoms with Gasteiger partial charge in [0.2, 0.25) is 5.91 Å². The van der Waals surface area contributed by atoms with Crippen LogP contribution >= 0.6 is 0 Å². The number of carbonyl (C=O) groups excluding carboxylic acids is 1. The average Bonchev–Trinajstić information content (AvgIpc) is 3.08. The quantitative estimate of drug-likeness (QED) is 0.563. The number of carbonyl (C=O) groups is 1. The van der Waals surface area contributed by atoms with E-state index in [1.54, 1.807) is 37.0 Å². The van der Waals surface area contributed by atoms with Crippen molar-refractivity contribution in [2.75, 3.05) is 39.3 Å². The van der Waals surface area contributed by atoms with E-state index in [1.165, 1.54) is 12.1 Å².